The van der Waals surface area contributed by atoms with Crippen molar-refractivity contribution < 1.29 is 8.78 Å². The Kier molecular flexibility index (Phi) is 4.85. The minimum absolute atomic E-state index is 0.0220. The number of nitrogens with zero attached hydrogens (tertiary/aromatic N) is 4. The minimum Gasteiger partial charge on any atom is -0.341 e. The van der Waals surface area contributed by atoms with Crippen LogP contribution in [0.2, 0.25) is 5.28 Å². The topological polar surface area (TPSA) is 53.9 Å². The van der Waals surface area contributed by atoms with Crippen LogP contribution in [0.15, 0.2) is 18.2 Å². The van der Waals surface area contributed by atoms with Gasteiger partial charge in [0.05, 0.1) is 5.69 Å². The van der Waals surface area contributed by atoms with Crippen molar-refractivity contribution in [3.8, 4) is 0 Å². The average Bonchev–Trinajstić information content (AvgIpc) is 2.45. The zero-order valence-corrected chi connectivity index (χ0v) is 12.3. The van der Waals surface area contributed by atoms with Gasteiger partial charge in [0.25, 0.3) is 0 Å². The summed E-state index contributed by atoms with van der Waals surface area (Å²) in [5.74, 6) is -1.52. The van der Waals surface area contributed by atoms with E-state index in [0.29, 0.717) is 19.0 Å². The molecule has 2 rings (SSSR count). The van der Waals surface area contributed by atoms with Crippen LogP contribution >= 0.6 is 11.6 Å². The molecule has 8 heteroatoms. The highest BCUT2D eigenvalue weighted by Gasteiger charge is 2.13. The number of rotatable bonds is 5. The molecule has 2 aromatic rings. The predicted octanol–water partition coefficient (Wildman–Crippen LogP) is 3.39. The van der Waals surface area contributed by atoms with Gasteiger partial charge in [-0.15, -0.1) is 0 Å². The summed E-state index contributed by atoms with van der Waals surface area (Å²) in [7, 11) is 0. The highest BCUT2D eigenvalue weighted by Crippen LogP contribution is 2.21. The Hall–Kier alpha value is -2.02. The summed E-state index contributed by atoms with van der Waals surface area (Å²) >= 11 is 5.85. The van der Waals surface area contributed by atoms with Gasteiger partial charge in [0.1, 0.15) is 0 Å². The first kappa shape index (κ1) is 15.4. The Balaban J connectivity index is 2.34. The fourth-order valence-corrected chi connectivity index (χ4v) is 1.92. The Bertz CT molecular complexity index is 634. The molecule has 112 valence electrons. The third-order valence-electron chi connectivity index (χ3n) is 2.84. The number of hydrogen-bond acceptors (Lipinski definition) is 5. The lowest BCUT2D eigenvalue weighted by molar-refractivity contribution is 0.511. The predicted molar refractivity (Wildman–Crippen MR) is 78.0 cm³/mol. The molecular formula is C13H14ClF2N5. The Morgan fingerprint density at radius 3 is 2.52 bits per heavy atom. The second kappa shape index (κ2) is 6.62. The molecule has 0 aliphatic heterocycles. The lowest BCUT2D eigenvalue weighted by Crippen LogP contribution is -2.24. The normalized spacial score (nSPS) is 10.5. The van der Waals surface area contributed by atoms with Gasteiger partial charge >= 0.3 is 0 Å². The number of benzene rings is 1. The molecule has 0 aliphatic rings. The highest BCUT2D eigenvalue weighted by molar-refractivity contribution is 6.28. The maximum Gasteiger partial charge on any atom is 0.233 e. The SMILES string of the molecule is CCN(CC)c1nc(Cl)nc(Nc2cccc(F)c2F)n1. The molecule has 0 fully saturated rings. The third-order valence-corrected chi connectivity index (χ3v) is 3.01. The number of anilines is 3. The largest absolute Gasteiger partial charge is 0.341 e. The molecule has 0 bridgehead atoms. The third kappa shape index (κ3) is 3.55. The summed E-state index contributed by atoms with van der Waals surface area (Å²) in [5, 5.41) is 2.59. The lowest BCUT2D eigenvalue weighted by Gasteiger charge is -2.18. The second-order valence-electron chi connectivity index (χ2n) is 4.13. The van der Waals surface area contributed by atoms with Crippen molar-refractivity contribution in [1.82, 2.24) is 15.0 Å². The minimum atomic E-state index is -1.00. The molecule has 0 unspecified atom stereocenters. The van der Waals surface area contributed by atoms with Crippen LogP contribution in [-0.2, 0) is 0 Å². The van der Waals surface area contributed by atoms with E-state index in [9.17, 15) is 8.78 Å². The molecule has 1 aromatic carbocycles. The van der Waals surface area contributed by atoms with Crippen molar-refractivity contribution in [1.29, 1.82) is 0 Å². The van der Waals surface area contributed by atoms with Crippen LogP contribution in [0.1, 0.15) is 13.8 Å². The van der Waals surface area contributed by atoms with Gasteiger partial charge in [-0.2, -0.15) is 15.0 Å². The summed E-state index contributed by atoms with van der Waals surface area (Å²) in [6, 6.07) is 3.80. The van der Waals surface area contributed by atoms with Crippen LogP contribution in [0.4, 0.5) is 26.4 Å². The molecule has 1 N–H and O–H groups in total. The fourth-order valence-electron chi connectivity index (χ4n) is 1.76. The zero-order chi connectivity index (χ0) is 15.4. The van der Waals surface area contributed by atoms with Gasteiger partial charge in [-0.3, -0.25) is 0 Å². The molecule has 0 radical (unpaired) electrons. The van der Waals surface area contributed by atoms with Crippen molar-refractivity contribution in [2.75, 3.05) is 23.3 Å². The molecule has 0 atom stereocenters. The molecule has 1 aromatic heterocycles. The van der Waals surface area contributed by atoms with E-state index in [1.54, 1.807) is 0 Å². The van der Waals surface area contributed by atoms with E-state index in [1.807, 2.05) is 18.7 Å². The average molecular weight is 314 g/mol. The van der Waals surface area contributed by atoms with E-state index in [0.717, 1.165) is 6.07 Å². The van der Waals surface area contributed by atoms with Crippen molar-refractivity contribution in [3.05, 3.63) is 35.1 Å². The van der Waals surface area contributed by atoms with Crippen LogP contribution in [0.5, 0.6) is 0 Å². The van der Waals surface area contributed by atoms with E-state index in [2.05, 4.69) is 20.3 Å². The Morgan fingerprint density at radius 1 is 1.14 bits per heavy atom. The molecule has 0 amide bonds. The Labute approximate surface area is 126 Å². The molecule has 0 saturated carbocycles. The van der Waals surface area contributed by atoms with Gasteiger partial charge in [0, 0.05) is 13.1 Å². The fraction of sp³-hybridized carbons (Fsp3) is 0.308. The molecule has 1 heterocycles. The van der Waals surface area contributed by atoms with Crippen LogP contribution in [0.3, 0.4) is 0 Å². The van der Waals surface area contributed by atoms with Gasteiger partial charge in [-0.25, -0.2) is 8.78 Å². The Morgan fingerprint density at radius 2 is 1.86 bits per heavy atom. The van der Waals surface area contributed by atoms with Gasteiger partial charge in [0.15, 0.2) is 11.6 Å². The molecular weight excluding hydrogens is 300 g/mol. The molecule has 5 nitrogen and oxygen atoms in total. The summed E-state index contributed by atoms with van der Waals surface area (Å²) in [5.41, 5.74) is -0.0669. The summed E-state index contributed by atoms with van der Waals surface area (Å²) < 4.78 is 26.8. The van der Waals surface area contributed by atoms with Gasteiger partial charge in [0.2, 0.25) is 17.2 Å². The van der Waals surface area contributed by atoms with Crippen molar-refractivity contribution in [3.63, 3.8) is 0 Å². The molecule has 0 saturated heterocycles. The monoisotopic (exact) mass is 313 g/mol. The van der Waals surface area contributed by atoms with Gasteiger partial charge in [-0.05, 0) is 37.6 Å². The van der Waals surface area contributed by atoms with E-state index in [-0.39, 0.29) is 16.9 Å². The van der Waals surface area contributed by atoms with E-state index in [4.69, 9.17) is 11.6 Å². The zero-order valence-electron chi connectivity index (χ0n) is 11.6. The van der Waals surface area contributed by atoms with Crippen molar-refractivity contribution in [2.45, 2.75) is 13.8 Å². The van der Waals surface area contributed by atoms with E-state index < -0.39 is 11.6 Å². The molecule has 21 heavy (non-hydrogen) atoms. The standard InChI is InChI=1S/C13H14ClF2N5/c1-3-21(4-2)13-19-11(14)18-12(20-13)17-9-7-5-6-8(15)10(9)16/h5-7H,3-4H2,1-2H3,(H,17,18,19,20). The van der Waals surface area contributed by atoms with Gasteiger partial charge < -0.3 is 10.2 Å². The maximum atomic E-state index is 13.6. The number of nitrogens with one attached hydrogen (secondary N) is 1. The number of aromatic nitrogens is 3. The smallest absolute Gasteiger partial charge is 0.233 e. The summed E-state index contributed by atoms with van der Waals surface area (Å²) in [4.78, 5) is 13.9. The summed E-state index contributed by atoms with van der Waals surface area (Å²) in [6.07, 6.45) is 0. The number of halogens is 3. The van der Waals surface area contributed by atoms with E-state index >= 15 is 0 Å². The number of hydrogen-bond donors (Lipinski definition) is 1. The van der Waals surface area contributed by atoms with Crippen LogP contribution in [0.25, 0.3) is 0 Å². The lowest BCUT2D eigenvalue weighted by atomic mass is 10.3. The first-order valence-corrected chi connectivity index (χ1v) is 6.80. The van der Waals surface area contributed by atoms with Crippen LogP contribution < -0.4 is 10.2 Å². The molecule has 0 spiro atoms. The summed E-state index contributed by atoms with van der Waals surface area (Å²) in [6.45, 7) is 5.26. The van der Waals surface area contributed by atoms with Crippen molar-refractivity contribution in [2.24, 2.45) is 0 Å². The molecule has 0 aliphatic carbocycles. The first-order chi connectivity index (χ1) is 10.0. The maximum absolute atomic E-state index is 13.6. The highest BCUT2D eigenvalue weighted by atomic mass is 35.5. The second-order valence-corrected chi connectivity index (χ2v) is 4.46. The van der Waals surface area contributed by atoms with Gasteiger partial charge in [-0.1, -0.05) is 6.07 Å². The van der Waals surface area contributed by atoms with E-state index in [1.165, 1.54) is 12.1 Å². The van der Waals surface area contributed by atoms with Crippen LogP contribution in [0, 0.1) is 11.6 Å². The first-order valence-electron chi connectivity index (χ1n) is 6.42. The quantitative estimate of drug-likeness (QED) is 0.917. The van der Waals surface area contributed by atoms with Crippen molar-refractivity contribution >= 4 is 29.2 Å². The van der Waals surface area contributed by atoms with Crippen LogP contribution in [-0.4, -0.2) is 28.0 Å².